The number of alkyl halides is 3. The standard InChI is InChI=1S/C14H17F3N4O3S/c1-3-4-8-5-20(13(22)24-8)6-9-11(14(15,16)17)18-12-21(9)19-10(25-12)7-23-2/h8H,3-7H2,1-2H3/i2D3,7D2. The largest absolute Gasteiger partial charge is 0.444 e. The summed E-state index contributed by atoms with van der Waals surface area (Å²) in [6.45, 7) is -1.42. The van der Waals surface area contributed by atoms with Crippen molar-refractivity contribution < 1.29 is 34.3 Å². The second-order valence-electron chi connectivity index (χ2n) is 5.39. The number of aromatic nitrogens is 3. The van der Waals surface area contributed by atoms with Gasteiger partial charge in [-0.1, -0.05) is 24.7 Å². The van der Waals surface area contributed by atoms with Gasteiger partial charge in [0.1, 0.15) is 11.1 Å². The molecule has 0 aliphatic carbocycles. The zero-order valence-corrected chi connectivity index (χ0v) is 13.8. The Labute approximate surface area is 152 Å². The maximum Gasteiger partial charge on any atom is 0.435 e. The molecule has 25 heavy (non-hydrogen) atoms. The fraction of sp³-hybridized carbons (Fsp3) is 0.643. The van der Waals surface area contributed by atoms with E-state index in [-0.39, 0.29) is 11.5 Å². The van der Waals surface area contributed by atoms with E-state index in [1.807, 2.05) is 6.92 Å². The average molecular weight is 383 g/mol. The van der Waals surface area contributed by atoms with Crippen LogP contribution in [0.25, 0.3) is 4.96 Å². The number of ether oxygens (including phenoxy) is 2. The van der Waals surface area contributed by atoms with E-state index < -0.39 is 54.9 Å². The van der Waals surface area contributed by atoms with E-state index >= 15 is 0 Å². The summed E-state index contributed by atoms with van der Waals surface area (Å²) in [4.78, 5) is 16.3. The highest BCUT2D eigenvalue weighted by atomic mass is 32.1. The summed E-state index contributed by atoms with van der Waals surface area (Å²) < 4.78 is 87.3. The van der Waals surface area contributed by atoms with Gasteiger partial charge in [-0.3, -0.25) is 4.90 Å². The number of carbonyl (C=O) groups is 1. The summed E-state index contributed by atoms with van der Waals surface area (Å²) in [5.41, 5.74) is -1.75. The zero-order valence-electron chi connectivity index (χ0n) is 18.0. The summed E-state index contributed by atoms with van der Waals surface area (Å²) in [5, 5.41) is 3.24. The number of methoxy groups -OCH3 is 1. The first-order valence-electron chi connectivity index (χ1n) is 9.83. The highest BCUT2D eigenvalue weighted by Crippen LogP contribution is 2.34. The lowest BCUT2D eigenvalue weighted by molar-refractivity contribution is -0.141. The number of rotatable bonds is 6. The third kappa shape index (κ3) is 3.56. The number of hydrogen-bond donors (Lipinski definition) is 0. The van der Waals surface area contributed by atoms with Gasteiger partial charge in [-0.15, -0.1) is 0 Å². The van der Waals surface area contributed by atoms with Crippen LogP contribution in [0.1, 0.15) is 43.0 Å². The van der Waals surface area contributed by atoms with Gasteiger partial charge >= 0.3 is 12.3 Å². The number of imidazole rings is 1. The maximum absolute atomic E-state index is 13.5. The van der Waals surface area contributed by atoms with Gasteiger partial charge in [0.15, 0.2) is 5.69 Å². The predicted molar refractivity (Wildman–Crippen MR) is 82.2 cm³/mol. The van der Waals surface area contributed by atoms with Crippen LogP contribution in [0.15, 0.2) is 0 Å². The highest BCUT2D eigenvalue weighted by Gasteiger charge is 2.41. The Bertz CT molecular complexity index is 946. The van der Waals surface area contributed by atoms with Crippen molar-refractivity contribution in [3.05, 3.63) is 16.4 Å². The molecule has 3 heterocycles. The monoisotopic (exact) mass is 383 g/mol. The molecule has 1 saturated heterocycles. The van der Waals surface area contributed by atoms with Gasteiger partial charge < -0.3 is 9.47 Å². The molecule has 1 fully saturated rings. The first-order chi connectivity index (χ1) is 13.7. The van der Waals surface area contributed by atoms with E-state index in [4.69, 9.17) is 11.6 Å². The lowest BCUT2D eigenvalue weighted by atomic mass is 10.2. The van der Waals surface area contributed by atoms with Crippen molar-refractivity contribution in [3.8, 4) is 0 Å². The first kappa shape index (κ1) is 12.5. The van der Waals surface area contributed by atoms with E-state index in [1.54, 1.807) is 0 Å². The van der Waals surface area contributed by atoms with Crippen molar-refractivity contribution in [1.29, 1.82) is 0 Å². The Morgan fingerprint density at radius 2 is 2.36 bits per heavy atom. The molecular formula is C14H17F3N4O3S. The van der Waals surface area contributed by atoms with Crippen LogP contribution in [0.3, 0.4) is 0 Å². The molecule has 7 nitrogen and oxygen atoms in total. The molecule has 0 saturated carbocycles. The van der Waals surface area contributed by atoms with Crippen LogP contribution in [-0.2, 0) is 28.8 Å². The van der Waals surface area contributed by atoms with Crippen molar-refractivity contribution in [2.24, 2.45) is 0 Å². The minimum atomic E-state index is -4.84. The van der Waals surface area contributed by atoms with Crippen molar-refractivity contribution in [2.75, 3.05) is 13.6 Å². The van der Waals surface area contributed by atoms with Crippen molar-refractivity contribution in [3.63, 3.8) is 0 Å². The Morgan fingerprint density at radius 1 is 1.56 bits per heavy atom. The van der Waals surface area contributed by atoms with Crippen molar-refractivity contribution in [1.82, 2.24) is 19.5 Å². The molecule has 0 N–H and O–H groups in total. The van der Waals surface area contributed by atoms with Gasteiger partial charge in [0, 0.05) is 7.04 Å². The molecule has 1 atom stereocenters. The summed E-state index contributed by atoms with van der Waals surface area (Å²) in [7, 11) is -3.09. The molecule has 1 amide bonds. The van der Waals surface area contributed by atoms with Gasteiger partial charge in [-0.2, -0.15) is 18.3 Å². The van der Waals surface area contributed by atoms with Crippen molar-refractivity contribution >= 4 is 22.4 Å². The third-order valence-corrected chi connectivity index (χ3v) is 4.41. The Balaban J connectivity index is 1.99. The summed E-state index contributed by atoms with van der Waals surface area (Å²) in [6, 6.07) is 0. The lowest BCUT2D eigenvalue weighted by Gasteiger charge is -2.14. The maximum atomic E-state index is 13.5. The van der Waals surface area contributed by atoms with Gasteiger partial charge in [0.2, 0.25) is 4.96 Å². The number of carbonyl (C=O) groups excluding carboxylic acids is 1. The molecule has 138 valence electrons. The number of amides is 1. The lowest BCUT2D eigenvalue weighted by Crippen LogP contribution is -2.27. The quantitative estimate of drug-likeness (QED) is 0.767. The van der Waals surface area contributed by atoms with Crippen LogP contribution in [0.2, 0.25) is 0 Å². The van der Waals surface area contributed by atoms with Crippen LogP contribution in [-0.4, -0.2) is 45.3 Å². The van der Waals surface area contributed by atoms with E-state index in [2.05, 4.69) is 14.8 Å². The molecule has 1 unspecified atom stereocenters. The number of cyclic esters (lactones) is 1. The van der Waals surface area contributed by atoms with E-state index in [0.29, 0.717) is 17.8 Å². The van der Waals surface area contributed by atoms with Crippen LogP contribution in [0.4, 0.5) is 18.0 Å². The minimum absolute atomic E-state index is 0.0944. The van der Waals surface area contributed by atoms with E-state index in [9.17, 15) is 18.0 Å². The zero-order chi connectivity index (χ0) is 22.5. The Kier molecular flexibility index (Phi) is 3.39. The third-order valence-electron chi connectivity index (χ3n) is 3.60. The van der Waals surface area contributed by atoms with Crippen LogP contribution in [0.5, 0.6) is 0 Å². The molecule has 0 bridgehead atoms. The topological polar surface area (TPSA) is 69.0 Å². The Hall–Kier alpha value is -1.88. The molecule has 1 aliphatic heterocycles. The minimum Gasteiger partial charge on any atom is -0.444 e. The average Bonchev–Trinajstić information content (AvgIpc) is 3.20. The summed E-state index contributed by atoms with van der Waals surface area (Å²) >= 11 is 0.419. The molecule has 0 radical (unpaired) electrons. The number of fused-ring (bicyclic) bond motifs is 1. The second-order valence-corrected chi connectivity index (χ2v) is 6.34. The van der Waals surface area contributed by atoms with E-state index in [1.165, 1.54) is 0 Å². The number of nitrogens with zero attached hydrogens (tertiary/aromatic N) is 4. The second kappa shape index (κ2) is 6.79. The fourth-order valence-corrected chi connectivity index (χ4v) is 3.35. The fourth-order valence-electron chi connectivity index (χ4n) is 2.60. The normalized spacial score (nSPS) is 22.4. The molecule has 2 aromatic rings. The molecule has 1 aliphatic rings. The first-order valence-corrected chi connectivity index (χ1v) is 8.15. The molecule has 2 aromatic heterocycles. The molecule has 3 rings (SSSR count). The molecule has 0 aromatic carbocycles. The SMILES string of the molecule is [2H]C([2H])([2H])OC([2H])([2H])c1nn2c(CN3CC(CCC)OC3=O)c(C(F)(F)F)nc2s1. The number of hydrogen-bond acceptors (Lipinski definition) is 6. The van der Waals surface area contributed by atoms with Gasteiger partial charge in [0.05, 0.1) is 32.2 Å². The summed E-state index contributed by atoms with van der Waals surface area (Å²) in [5.74, 6) is 0. The van der Waals surface area contributed by atoms with Crippen LogP contribution >= 0.6 is 11.3 Å². The van der Waals surface area contributed by atoms with Crippen molar-refractivity contribution in [2.45, 2.75) is 45.1 Å². The molecular weight excluding hydrogens is 361 g/mol. The molecule has 0 spiro atoms. The van der Waals surface area contributed by atoms with Crippen LogP contribution in [0, 0.1) is 0 Å². The van der Waals surface area contributed by atoms with Gasteiger partial charge in [-0.05, 0) is 6.42 Å². The van der Waals surface area contributed by atoms with Gasteiger partial charge in [-0.25, -0.2) is 14.3 Å². The molecule has 11 heteroatoms. The van der Waals surface area contributed by atoms with E-state index in [0.717, 1.165) is 15.8 Å². The Morgan fingerprint density at radius 3 is 3.04 bits per heavy atom. The smallest absolute Gasteiger partial charge is 0.435 e. The van der Waals surface area contributed by atoms with Gasteiger partial charge in [0.25, 0.3) is 0 Å². The highest BCUT2D eigenvalue weighted by molar-refractivity contribution is 7.16. The summed E-state index contributed by atoms with van der Waals surface area (Å²) in [6.07, 6.45) is -4.77. The number of halogens is 3. The van der Waals surface area contributed by atoms with Crippen LogP contribution < -0.4 is 0 Å². The predicted octanol–water partition coefficient (Wildman–Crippen LogP) is 3.08.